The van der Waals surface area contributed by atoms with Crippen molar-refractivity contribution in [2.24, 2.45) is 0 Å². The van der Waals surface area contributed by atoms with Gasteiger partial charge in [0, 0.05) is 13.5 Å². The zero-order valence-electron chi connectivity index (χ0n) is 9.79. The van der Waals surface area contributed by atoms with Gasteiger partial charge in [0.05, 0.1) is 19.3 Å². The highest BCUT2D eigenvalue weighted by Gasteiger charge is 2.10. The molecule has 15 heavy (non-hydrogen) atoms. The molecule has 1 unspecified atom stereocenters. The maximum atomic E-state index is 11.4. The fourth-order valence-electron chi connectivity index (χ4n) is 1.35. The van der Waals surface area contributed by atoms with E-state index in [9.17, 15) is 4.79 Å². The smallest absolute Gasteiger partial charge is 0.220 e. The number of ether oxygens (including phenoxy) is 1. The SMILES string of the molecule is CCCCCCC(=O)NC(CO)COC. The molecular formula is C11H23NO3. The zero-order valence-corrected chi connectivity index (χ0v) is 9.79. The quantitative estimate of drug-likeness (QED) is 0.568. The molecule has 0 aliphatic carbocycles. The standard InChI is InChI=1S/C11H23NO3/c1-3-4-5-6-7-11(14)12-10(8-13)9-15-2/h10,13H,3-9H2,1-2H3,(H,12,14). The molecular weight excluding hydrogens is 194 g/mol. The van der Waals surface area contributed by atoms with Gasteiger partial charge in [-0.1, -0.05) is 26.2 Å². The number of hydrogen-bond acceptors (Lipinski definition) is 3. The van der Waals surface area contributed by atoms with Crippen LogP contribution < -0.4 is 5.32 Å². The van der Waals surface area contributed by atoms with Gasteiger partial charge in [-0.05, 0) is 6.42 Å². The molecule has 0 heterocycles. The fraction of sp³-hybridized carbons (Fsp3) is 0.909. The van der Waals surface area contributed by atoms with E-state index in [4.69, 9.17) is 9.84 Å². The summed E-state index contributed by atoms with van der Waals surface area (Å²) in [4.78, 5) is 11.4. The molecule has 1 amide bonds. The lowest BCUT2D eigenvalue weighted by molar-refractivity contribution is -0.122. The maximum Gasteiger partial charge on any atom is 0.220 e. The molecule has 0 saturated carbocycles. The van der Waals surface area contributed by atoms with E-state index in [1.165, 1.54) is 12.8 Å². The summed E-state index contributed by atoms with van der Waals surface area (Å²) in [5.74, 6) is 0.00204. The summed E-state index contributed by atoms with van der Waals surface area (Å²) in [5, 5.41) is 11.7. The Labute approximate surface area is 92.0 Å². The fourth-order valence-corrected chi connectivity index (χ4v) is 1.35. The molecule has 0 fully saturated rings. The number of aliphatic hydroxyl groups is 1. The molecule has 0 radical (unpaired) electrons. The van der Waals surface area contributed by atoms with Crippen molar-refractivity contribution >= 4 is 5.91 Å². The zero-order chi connectivity index (χ0) is 11.5. The molecule has 4 nitrogen and oxygen atoms in total. The van der Waals surface area contributed by atoms with Gasteiger partial charge in [0.25, 0.3) is 0 Å². The van der Waals surface area contributed by atoms with Crippen LogP contribution in [0, 0.1) is 0 Å². The Morgan fingerprint density at radius 2 is 2.13 bits per heavy atom. The molecule has 0 rings (SSSR count). The van der Waals surface area contributed by atoms with Gasteiger partial charge < -0.3 is 15.2 Å². The summed E-state index contributed by atoms with van der Waals surface area (Å²) < 4.78 is 4.86. The highest BCUT2D eigenvalue weighted by Crippen LogP contribution is 2.02. The van der Waals surface area contributed by atoms with Crippen molar-refractivity contribution in [1.82, 2.24) is 5.32 Å². The molecule has 0 aromatic heterocycles. The monoisotopic (exact) mass is 217 g/mol. The van der Waals surface area contributed by atoms with Crippen LogP contribution in [0.4, 0.5) is 0 Å². The Kier molecular flexibility index (Phi) is 9.52. The minimum Gasteiger partial charge on any atom is -0.394 e. The third-order valence-electron chi connectivity index (χ3n) is 2.21. The van der Waals surface area contributed by atoms with Crippen LogP contribution >= 0.6 is 0 Å². The number of unbranched alkanes of at least 4 members (excludes halogenated alkanes) is 3. The highest BCUT2D eigenvalue weighted by atomic mass is 16.5. The van der Waals surface area contributed by atoms with Crippen LogP contribution in [0.1, 0.15) is 39.0 Å². The van der Waals surface area contributed by atoms with Gasteiger partial charge in [0.15, 0.2) is 0 Å². The van der Waals surface area contributed by atoms with Crippen molar-refractivity contribution in [2.45, 2.75) is 45.1 Å². The lowest BCUT2D eigenvalue weighted by Gasteiger charge is -2.14. The van der Waals surface area contributed by atoms with Crippen LogP contribution in [0.15, 0.2) is 0 Å². The first-order chi connectivity index (χ1) is 7.24. The van der Waals surface area contributed by atoms with Gasteiger partial charge in [-0.15, -0.1) is 0 Å². The van der Waals surface area contributed by atoms with Crippen molar-refractivity contribution in [2.75, 3.05) is 20.3 Å². The largest absolute Gasteiger partial charge is 0.394 e. The second-order valence-corrected chi connectivity index (χ2v) is 3.71. The van der Waals surface area contributed by atoms with Gasteiger partial charge >= 0.3 is 0 Å². The normalized spacial score (nSPS) is 12.5. The average molecular weight is 217 g/mol. The first kappa shape index (κ1) is 14.4. The van der Waals surface area contributed by atoms with E-state index in [0.29, 0.717) is 13.0 Å². The van der Waals surface area contributed by atoms with E-state index in [-0.39, 0.29) is 18.6 Å². The first-order valence-electron chi connectivity index (χ1n) is 5.63. The van der Waals surface area contributed by atoms with E-state index in [1.54, 1.807) is 7.11 Å². The molecule has 0 aliphatic rings. The van der Waals surface area contributed by atoms with Crippen LogP contribution in [-0.2, 0) is 9.53 Å². The molecule has 90 valence electrons. The topological polar surface area (TPSA) is 58.6 Å². The van der Waals surface area contributed by atoms with E-state index in [0.717, 1.165) is 12.8 Å². The number of methoxy groups -OCH3 is 1. The number of carbonyl (C=O) groups is 1. The van der Waals surface area contributed by atoms with Crippen LogP contribution in [0.25, 0.3) is 0 Å². The van der Waals surface area contributed by atoms with Gasteiger partial charge in [-0.3, -0.25) is 4.79 Å². The van der Waals surface area contributed by atoms with E-state index >= 15 is 0 Å². The molecule has 0 aliphatic heterocycles. The molecule has 2 N–H and O–H groups in total. The minimum atomic E-state index is -0.270. The average Bonchev–Trinajstić information content (AvgIpc) is 2.24. The Morgan fingerprint density at radius 3 is 2.67 bits per heavy atom. The van der Waals surface area contributed by atoms with Crippen molar-refractivity contribution in [3.63, 3.8) is 0 Å². The number of amides is 1. The Bertz CT molecular complexity index is 162. The second-order valence-electron chi connectivity index (χ2n) is 3.71. The highest BCUT2D eigenvalue weighted by molar-refractivity contribution is 5.76. The number of hydrogen-bond donors (Lipinski definition) is 2. The minimum absolute atomic E-state index is 0.00204. The third-order valence-corrected chi connectivity index (χ3v) is 2.21. The van der Waals surface area contributed by atoms with Crippen LogP contribution in [0.3, 0.4) is 0 Å². The lowest BCUT2D eigenvalue weighted by Crippen LogP contribution is -2.40. The van der Waals surface area contributed by atoms with E-state index in [1.807, 2.05) is 0 Å². The summed E-state index contributed by atoms with van der Waals surface area (Å²) in [6, 6.07) is -0.270. The number of carbonyl (C=O) groups excluding carboxylic acids is 1. The van der Waals surface area contributed by atoms with E-state index in [2.05, 4.69) is 12.2 Å². The van der Waals surface area contributed by atoms with Crippen molar-refractivity contribution in [3.05, 3.63) is 0 Å². The number of aliphatic hydroxyl groups excluding tert-OH is 1. The summed E-state index contributed by atoms with van der Waals surface area (Å²) in [6.07, 6.45) is 4.91. The van der Waals surface area contributed by atoms with Gasteiger partial charge in [-0.2, -0.15) is 0 Å². The molecule has 0 saturated heterocycles. The summed E-state index contributed by atoms with van der Waals surface area (Å²) in [7, 11) is 1.55. The maximum absolute atomic E-state index is 11.4. The van der Waals surface area contributed by atoms with Gasteiger partial charge in [0.1, 0.15) is 0 Å². The predicted octanol–water partition coefficient (Wildman–Crippen LogP) is 1.08. The number of nitrogens with one attached hydrogen (secondary N) is 1. The van der Waals surface area contributed by atoms with Crippen molar-refractivity contribution in [1.29, 1.82) is 0 Å². The molecule has 1 atom stereocenters. The Balaban J connectivity index is 3.52. The van der Waals surface area contributed by atoms with Crippen molar-refractivity contribution in [3.8, 4) is 0 Å². The van der Waals surface area contributed by atoms with Crippen LogP contribution in [0.2, 0.25) is 0 Å². The van der Waals surface area contributed by atoms with Crippen molar-refractivity contribution < 1.29 is 14.6 Å². The molecule has 0 bridgehead atoms. The molecule has 0 spiro atoms. The molecule has 4 heteroatoms. The van der Waals surface area contributed by atoms with E-state index < -0.39 is 0 Å². The lowest BCUT2D eigenvalue weighted by atomic mass is 10.1. The van der Waals surface area contributed by atoms with Gasteiger partial charge in [-0.25, -0.2) is 0 Å². The predicted molar refractivity (Wildman–Crippen MR) is 59.7 cm³/mol. The molecule has 0 aromatic carbocycles. The van der Waals surface area contributed by atoms with Gasteiger partial charge in [0.2, 0.25) is 5.91 Å². The number of rotatable bonds is 9. The first-order valence-corrected chi connectivity index (χ1v) is 5.63. The second kappa shape index (κ2) is 9.93. The van der Waals surface area contributed by atoms with Crippen LogP contribution in [-0.4, -0.2) is 37.4 Å². The summed E-state index contributed by atoms with van der Waals surface area (Å²) in [5.41, 5.74) is 0. The third kappa shape index (κ3) is 8.39. The summed E-state index contributed by atoms with van der Waals surface area (Å²) in [6.45, 7) is 2.42. The Hall–Kier alpha value is -0.610. The Morgan fingerprint density at radius 1 is 1.40 bits per heavy atom. The molecule has 0 aromatic rings. The van der Waals surface area contributed by atoms with Crippen LogP contribution in [0.5, 0.6) is 0 Å². The summed E-state index contributed by atoms with van der Waals surface area (Å²) >= 11 is 0.